The minimum atomic E-state index is 0. The van der Waals surface area contributed by atoms with E-state index >= 15 is 0 Å². The SMILES string of the molecule is CC(C)c1ccccc1NC(=O)C1CCC(N)C1.Cl. The Labute approximate surface area is 121 Å². The maximum Gasteiger partial charge on any atom is 0.227 e. The monoisotopic (exact) mass is 282 g/mol. The van der Waals surface area contributed by atoms with Gasteiger partial charge < -0.3 is 11.1 Å². The Morgan fingerprint density at radius 2 is 2.00 bits per heavy atom. The van der Waals surface area contributed by atoms with Crippen molar-refractivity contribution in [3.05, 3.63) is 29.8 Å². The van der Waals surface area contributed by atoms with E-state index in [0.29, 0.717) is 5.92 Å². The van der Waals surface area contributed by atoms with E-state index in [0.717, 1.165) is 24.9 Å². The number of hydrogen-bond donors (Lipinski definition) is 2. The van der Waals surface area contributed by atoms with E-state index in [4.69, 9.17) is 5.73 Å². The molecule has 1 aromatic carbocycles. The Morgan fingerprint density at radius 1 is 1.32 bits per heavy atom. The average molecular weight is 283 g/mol. The third-order valence-corrected chi connectivity index (χ3v) is 3.68. The van der Waals surface area contributed by atoms with Gasteiger partial charge in [0.15, 0.2) is 0 Å². The zero-order valence-corrected chi connectivity index (χ0v) is 12.4. The van der Waals surface area contributed by atoms with Crippen molar-refractivity contribution in [2.45, 2.75) is 45.1 Å². The molecule has 1 fully saturated rings. The van der Waals surface area contributed by atoms with E-state index in [-0.39, 0.29) is 30.3 Å². The smallest absolute Gasteiger partial charge is 0.227 e. The molecule has 2 unspecified atom stereocenters. The van der Waals surface area contributed by atoms with E-state index in [1.807, 2.05) is 18.2 Å². The second kappa shape index (κ2) is 6.92. The molecule has 19 heavy (non-hydrogen) atoms. The quantitative estimate of drug-likeness (QED) is 0.894. The van der Waals surface area contributed by atoms with Crippen molar-refractivity contribution >= 4 is 24.0 Å². The van der Waals surface area contributed by atoms with Crippen molar-refractivity contribution in [3.63, 3.8) is 0 Å². The molecular formula is C15H23ClN2O. The summed E-state index contributed by atoms with van der Waals surface area (Å²) in [5, 5.41) is 3.06. The molecule has 0 radical (unpaired) electrons. The van der Waals surface area contributed by atoms with Crippen LogP contribution in [0.25, 0.3) is 0 Å². The number of carbonyl (C=O) groups excluding carboxylic acids is 1. The van der Waals surface area contributed by atoms with Gasteiger partial charge in [-0.25, -0.2) is 0 Å². The lowest BCUT2D eigenvalue weighted by Crippen LogP contribution is -2.23. The summed E-state index contributed by atoms with van der Waals surface area (Å²) in [6, 6.07) is 8.21. The first kappa shape index (κ1) is 16.0. The van der Waals surface area contributed by atoms with Crippen LogP contribution in [0.2, 0.25) is 0 Å². The van der Waals surface area contributed by atoms with Crippen LogP contribution in [0.4, 0.5) is 5.69 Å². The number of para-hydroxylation sites is 1. The molecule has 2 atom stereocenters. The van der Waals surface area contributed by atoms with E-state index in [9.17, 15) is 4.79 Å². The molecule has 106 valence electrons. The summed E-state index contributed by atoms with van der Waals surface area (Å²) in [5.41, 5.74) is 7.99. The minimum absolute atomic E-state index is 0. The standard InChI is InChI=1S/C15H22N2O.ClH/c1-10(2)13-5-3-4-6-14(13)17-15(18)11-7-8-12(16)9-11;/h3-6,10-12H,7-9,16H2,1-2H3,(H,17,18);1H. The van der Waals surface area contributed by atoms with Crippen LogP contribution in [0.5, 0.6) is 0 Å². The van der Waals surface area contributed by atoms with Crippen LogP contribution < -0.4 is 11.1 Å². The Hall–Kier alpha value is -1.06. The van der Waals surface area contributed by atoms with Crippen molar-refractivity contribution in [1.29, 1.82) is 0 Å². The maximum absolute atomic E-state index is 12.2. The number of amides is 1. The number of nitrogens with one attached hydrogen (secondary N) is 1. The Balaban J connectivity index is 0.00000180. The van der Waals surface area contributed by atoms with E-state index in [1.165, 1.54) is 5.56 Å². The second-order valence-electron chi connectivity index (χ2n) is 5.50. The van der Waals surface area contributed by atoms with Gasteiger partial charge in [0.25, 0.3) is 0 Å². The van der Waals surface area contributed by atoms with Gasteiger partial charge in [0.1, 0.15) is 0 Å². The van der Waals surface area contributed by atoms with Crippen molar-refractivity contribution < 1.29 is 4.79 Å². The van der Waals surface area contributed by atoms with Crippen LogP contribution >= 0.6 is 12.4 Å². The summed E-state index contributed by atoms with van der Waals surface area (Å²) in [5.74, 6) is 0.614. The Morgan fingerprint density at radius 3 is 2.58 bits per heavy atom. The number of carbonyl (C=O) groups is 1. The van der Waals surface area contributed by atoms with E-state index in [1.54, 1.807) is 0 Å². The third kappa shape index (κ3) is 3.95. The van der Waals surface area contributed by atoms with Crippen LogP contribution in [0.15, 0.2) is 24.3 Å². The number of hydrogen-bond acceptors (Lipinski definition) is 2. The Kier molecular flexibility index (Phi) is 5.83. The normalized spacial score (nSPS) is 22.1. The molecule has 1 amide bonds. The summed E-state index contributed by atoms with van der Waals surface area (Å²) in [4.78, 5) is 12.2. The van der Waals surface area contributed by atoms with Gasteiger partial charge in [-0.15, -0.1) is 12.4 Å². The molecule has 0 aliphatic heterocycles. The molecule has 0 spiro atoms. The fraction of sp³-hybridized carbons (Fsp3) is 0.533. The van der Waals surface area contributed by atoms with Crippen LogP contribution in [-0.4, -0.2) is 11.9 Å². The molecule has 3 nitrogen and oxygen atoms in total. The predicted octanol–water partition coefficient (Wildman–Crippen LogP) is 3.30. The number of nitrogens with two attached hydrogens (primary N) is 1. The van der Waals surface area contributed by atoms with Crippen molar-refractivity contribution in [1.82, 2.24) is 0 Å². The average Bonchev–Trinajstić information content (AvgIpc) is 2.76. The molecule has 0 bridgehead atoms. The van der Waals surface area contributed by atoms with Gasteiger partial charge in [0.05, 0.1) is 0 Å². The van der Waals surface area contributed by atoms with Crippen LogP contribution in [0.3, 0.4) is 0 Å². The van der Waals surface area contributed by atoms with E-state index < -0.39 is 0 Å². The van der Waals surface area contributed by atoms with Gasteiger partial charge in [-0.05, 0) is 36.8 Å². The molecule has 1 aliphatic rings. The molecule has 0 heterocycles. The summed E-state index contributed by atoms with van der Waals surface area (Å²) in [6.07, 6.45) is 2.69. The molecule has 4 heteroatoms. The largest absolute Gasteiger partial charge is 0.328 e. The highest BCUT2D eigenvalue weighted by molar-refractivity contribution is 5.93. The number of rotatable bonds is 3. The minimum Gasteiger partial charge on any atom is -0.328 e. The number of anilines is 1. The zero-order chi connectivity index (χ0) is 13.1. The predicted molar refractivity (Wildman–Crippen MR) is 81.7 cm³/mol. The van der Waals surface area contributed by atoms with Crippen LogP contribution in [0, 0.1) is 5.92 Å². The first-order chi connectivity index (χ1) is 8.58. The fourth-order valence-electron chi connectivity index (χ4n) is 2.60. The van der Waals surface area contributed by atoms with Crippen molar-refractivity contribution in [2.24, 2.45) is 11.7 Å². The summed E-state index contributed by atoms with van der Waals surface area (Å²) < 4.78 is 0. The molecule has 2 rings (SSSR count). The van der Waals surface area contributed by atoms with Crippen molar-refractivity contribution in [3.8, 4) is 0 Å². The maximum atomic E-state index is 12.2. The topological polar surface area (TPSA) is 55.1 Å². The first-order valence-electron chi connectivity index (χ1n) is 6.73. The Bertz CT molecular complexity index is 434. The molecular weight excluding hydrogens is 260 g/mol. The van der Waals surface area contributed by atoms with Gasteiger partial charge in [-0.2, -0.15) is 0 Å². The van der Waals surface area contributed by atoms with Gasteiger partial charge in [-0.1, -0.05) is 32.0 Å². The molecule has 1 saturated carbocycles. The van der Waals surface area contributed by atoms with Gasteiger partial charge in [0, 0.05) is 17.6 Å². The summed E-state index contributed by atoms with van der Waals surface area (Å²) in [7, 11) is 0. The lowest BCUT2D eigenvalue weighted by molar-refractivity contribution is -0.119. The highest BCUT2D eigenvalue weighted by Crippen LogP contribution is 2.28. The summed E-state index contributed by atoms with van der Waals surface area (Å²) in [6.45, 7) is 4.27. The summed E-state index contributed by atoms with van der Waals surface area (Å²) >= 11 is 0. The van der Waals surface area contributed by atoms with Gasteiger partial charge in [0.2, 0.25) is 5.91 Å². The molecule has 1 aliphatic carbocycles. The first-order valence-corrected chi connectivity index (χ1v) is 6.73. The van der Waals surface area contributed by atoms with Crippen LogP contribution in [-0.2, 0) is 4.79 Å². The zero-order valence-electron chi connectivity index (χ0n) is 11.6. The second-order valence-corrected chi connectivity index (χ2v) is 5.50. The third-order valence-electron chi connectivity index (χ3n) is 3.68. The lowest BCUT2D eigenvalue weighted by Gasteiger charge is -2.16. The highest BCUT2D eigenvalue weighted by Gasteiger charge is 2.28. The number of benzene rings is 1. The van der Waals surface area contributed by atoms with Crippen LogP contribution in [0.1, 0.15) is 44.6 Å². The number of halogens is 1. The molecule has 1 aromatic rings. The fourth-order valence-corrected chi connectivity index (χ4v) is 2.60. The van der Waals surface area contributed by atoms with Gasteiger partial charge >= 0.3 is 0 Å². The molecule has 0 saturated heterocycles. The van der Waals surface area contributed by atoms with Crippen molar-refractivity contribution in [2.75, 3.05) is 5.32 Å². The molecule has 0 aromatic heterocycles. The van der Waals surface area contributed by atoms with Gasteiger partial charge in [-0.3, -0.25) is 4.79 Å². The van der Waals surface area contributed by atoms with E-state index in [2.05, 4.69) is 25.2 Å². The molecule has 3 N–H and O–H groups in total. The lowest BCUT2D eigenvalue weighted by atomic mass is 10.0. The highest BCUT2D eigenvalue weighted by atomic mass is 35.5.